The van der Waals surface area contributed by atoms with E-state index in [1.165, 1.54) is 0 Å². The van der Waals surface area contributed by atoms with E-state index in [0.29, 0.717) is 18.8 Å². The van der Waals surface area contributed by atoms with Gasteiger partial charge in [-0.05, 0) is 38.1 Å². The van der Waals surface area contributed by atoms with Crippen LogP contribution in [0.25, 0.3) is 10.8 Å². The summed E-state index contributed by atoms with van der Waals surface area (Å²) in [4.78, 5) is 26.4. The highest BCUT2D eigenvalue weighted by molar-refractivity contribution is 6.40. The maximum atomic E-state index is 12.4. The van der Waals surface area contributed by atoms with Gasteiger partial charge in [-0.15, -0.1) is 0 Å². The highest BCUT2D eigenvalue weighted by Crippen LogP contribution is 2.23. The fourth-order valence-electron chi connectivity index (χ4n) is 3.23. The van der Waals surface area contributed by atoms with Crippen LogP contribution >= 0.6 is 0 Å². The van der Waals surface area contributed by atoms with Crippen LogP contribution in [-0.2, 0) is 14.3 Å². The summed E-state index contributed by atoms with van der Waals surface area (Å²) >= 11 is 0. The third-order valence-corrected chi connectivity index (χ3v) is 4.43. The minimum absolute atomic E-state index is 0.171. The number of amides is 2. The number of benzene rings is 2. The number of rotatable bonds is 3. The molecular weight excluding hydrogens is 316 g/mol. The fraction of sp³-hybridized carbons (Fsp3) is 0.400. The molecular formula is C20H24N2O3. The Labute approximate surface area is 148 Å². The normalized spacial score (nSPS) is 15.6. The van der Waals surface area contributed by atoms with E-state index < -0.39 is 11.8 Å². The predicted molar refractivity (Wildman–Crippen MR) is 98.4 cm³/mol. The molecule has 1 N–H and O–H groups in total. The highest BCUT2D eigenvalue weighted by Gasteiger charge is 2.28. The zero-order valence-electron chi connectivity index (χ0n) is 14.7. The lowest BCUT2D eigenvalue weighted by Crippen LogP contribution is -2.46. The van der Waals surface area contributed by atoms with E-state index in [1.54, 1.807) is 4.90 Å². The van der Waals surface area contributed by atoms with Gasteiger partial charge >= 0.3 is 11.8 Å². The number of carbonyl (C=O) groups is 2. The average molecular weight is 340 g/mol. The molecule has 25 heavy (non-hydrogen) atoms. The summed E-state index contributed by atoms with van der Waals surface area (Å²) in [6, 6.07) is 13.4. The van der Waals surface area contributed by atoms with Gasteiger partial charge in [-0.2, -0.15) is 0 Å². The number of fused-ring (bicyclic) bond motifs is 1. The van der Waals surface area contributed by atoms with Crippen molar-refractivity contribution in [1.29, 1.82) is 0 Å². The third-order valence-electron chi connectivity index (χ3n) is 4.43. The largest absolute Gasteiger partial charge is 0.375 e. The molecule has 1 aliphatic rings. The maximum Gasteiger partial charge on any atom is 0.313 e. The summed E-state index contributed by atoms with van der Waals surface area (Å²) < 4.78 is 5.78. The second kappa shape index (κ2) is 7.66. The molecule has 1 heterocycles. The Morgan fingerprint density at radius 1 is 1.08 bits per heavy atom. The van der Waals surface area contributed by atoms with Gasteiger partial charge in [0.2, 0.25) is 0 Å². The second-order valence-corrected chi connectivity index (χ2v) is 6.66. The van der Waals surface area contributed by atoms with Gasteiger partial charge in [0.25, 0.3) is 0 Å². The van der Waals surface area contributed by atoms with Crippen molar-refractivity contribution in [2.75, 3.05) is 18.4 Å². The van der Waals surface area contributed by atoms with Crippen LogP contribution in [0.5, 0.6) is 0 Å². The second-order valence-electron chi connectivity index (χ2n) is 6.66. The molecule has 2 aromatic rings. The number of piperidine rings is 1. The molecule has 132 valence electrons. The smallest absolute Gasteiger partial charge is 0.313 e. The first-order valence-electron chi connectivity index (χ1n) is 8.78. The highest BCUT2D eigenvalue weighted by atomic mass is 16.5. The SMILES string of the molecule is CC(C)OC1CCN(C(=O)C(=O)Nc2cccc3ccccc23)CC1. The first-order valence-corrected chi connectivity index (χ1v) is 8.78. The summed E-state index contributed by atoms with van der Waals surface area (Å²) in [5, 5.41) is 4.72. The average Bonchev–Trinajstić information content (AvgIpc) is 2.61. The van der Waals surface area contributed by atoms with Crippen molar-refractivity contribution in [2.45, 2.75) is 38.9 Å². The van der Waals surface area contributed by atoms with Crippen molar-refractivity contribution >= 4 is 28.3 Å². The maximum absolute atomic E-state index is 12.4. The third kappa shape index (κ3) is 4.17. The number of likely N-dealkylation sites (tertiary alicyclic amines) is 1. The standard InChI is InChI=1S/C20H24N2O3/c1-14(2)25-16-10-12-22(13-11-16)20(24)19(23)21-18-9-5-7-15-6-3-4-8-17(15)18/h3-9,14,16H,10-13H2,1-2H3,(H,21,23). The molecule has 0 saturated carbocycles. The van der Waals surface area contributed by atoms with Gasteiger partial charge in [0.15, 0.2) is 0 Å². The topological polar surface area (TPSA) is 58.6 Å². The quantitative estimate of drug-likeness (QED) is 0.873. The number of carbonyl (C=O) groups excluding carboxylic acids is 2. The Balaban J connectivity index is 1.62. The molecule has 1 fully saturated rings. The first-order chi connectivity index (χ1) is 12.0. The van der Waals surface area contributed by atoms with Gasteiger partial charge < -0.3 is 15.0 Å². The lowest BCUT2D eigenvalue weighted by Gasteiger charge is -2.32. The van der Waals surface area contributed by atoms with Crippen LogP contribution in [0, 0.1) is 0 Å². The summed E-state index contributed by atoms with van der Waals surface area (Å²) in [5.41, 5.74) is 0.662. The number of hydrogen-bond acceptors (Lipinski definition) is 3. The van der Waals surface area contributed by atoms with Crippen molar-refractivity contribution in [3.05, 3.63) is 42.5 Å². The molecule has 1 aliphatic heterocycles. The number of nitrogens with one attached hydrogen (secondary N) is 1. The van der Waals surface area contributed by atoms with Crippen molar-refractivity contribution in [1.82, 2.24) is 4.90 Å². The van der Waals surface area contributed by atoms with Gasteiger partial charge in [0, 0.05) is 24.2 Å². The summed E-state index contributed by atoms with van der Waals surface area (Å²) in [6.07, 6.45) is 1.89. The van der Waals surface area contributed by atoms with E-state index in [1.807, 2.05) is 56.3 Å². The molecule has 0 radical (unpaired) electrons. The molecule has 5 nitrogen and oxygen atoms in total. The van der Waals surface area contributed by atoms with Crippen LogP contribution in [0.4, 0.5) is 5.69 Å². The van der Waals surface area contributed by atoms with Crippen LogP contribution in [0.3, 0.4) is 0 Å². The number of anilines is 1. The number of ether oxygens (including phenoxy) is 1. The van der Waals surface area contributed by atoms with Crippen molar-refractivity contribution in [3.63, 3.8) is 0 Å². The molecule has 0 bridgehead atoms. The van der Waals surface area contributed by atoms with Gasteiger partial charge in [-0.3, -0.25) is 9.59 Å². The van der Waals surface area contributed by atoms with Crippen LogP contribution in [0.2, 0.25) is 0 Å². The van der Waals surface area contributed by atoms with Crippen molar-refractivity contribution in [3.8, 4) is 0 Å². The molecule has 2 aromatic carbocycles. The lowest BCUT2D eigenvalue weighted by molar-refractivity contribution is -0.145. The molecule has 5 heteroatoms. The molecule has 0 unspecified atom stereocenters. The van der Waals surface area contributed by atoms with Gasteiger partial charge in [-0.1, -0.05) is 36.4 Å². The van der Waals surface area contributed by atoms with Crippen molar-refractivity contribution in [2.24, 2.45) is 0 Å². The van der Waals surface area contributed by atoms with Crippen LogP contribution in [0.1, 0.15) is 26.7 Å². The van der Waals surface area contributed by atoms with Crippen molar-refractivity contribution < 1.29 is 14.3 Å². The van der Waals surface area contributed by atoms with Gasteiger partial charge in [-0.25, -0.2) is 0 Å². The Morgan fingerprint density at radius 2 is 1.76 bits per heavy atom. The van der Waals surface area contributed by atoms with Crippen LogP contribution in [0.15, 0.2) is 42.5 Å². The summed E-state index contributed by atoms with van der Waals surface area (Å²) in [5.74, 6) is -1.06. The predicted octanol–water partition coefficient (Wildman–Crippen LogP) is 3.19. The number of hydrogen-bond donors (Lipinski definition) is 1. The van der Waals surface area contributed by atoms with E-state index in [-0.39, 0.29) is 12.2 Å². The van der Waals surface area contributed by atoms with Gasteiger partial charge in [0.05, 0.1) is 12.2 Å². The molecule has 0 aromatic heterocycles. The zero-order chi connectivity index (χ0) is 17.8. The Morgan fingerprint density at radius 3 is 2.48 bits per heavy atom. The Kier molecular flexibility index (Phi) is 5.34. The van der Waals surface area contributed by atoms with E-state index >= 15 is 0 Å². The lowest BCUT2D eigenvalue weighted by atomic mass is 10.1. The molecule has 0 spiro atoms. The van der Waals surface area contributed by atoms with E-state index in [0.717, 1.165) is 23.6 Å². The zero-order valence-corrected chi connectivity index (χ0v) is 14.7. The Hall–Kier alpha value is -2.40. The molecule has 2 amide bonds. The minimum atomic E-state index is -0.584. The van der Waals surface area contributed by atoms with E-state index in [9.17, 15) is 9.59 Å². The molecule has 0 atom stereocenters. The summed E-state index contributed by atoms with van der Waals surface area (Å²) in [7, 11) is 0. The van der Waals surface area contributed by atoms with Gasteiger partial charge in [0.1, 0.15) is 0 Å². The first kappa shape index (κ1) is 17.4. The monoisotopic (exact) mass is 340 g/mol. The van der Waals surface area contributed by atoms with Crippen LogP contribution < -0.4 is 5.32 Å². The fourth-order valence-corrected chi connectivity index (χ4v) is 3.23. The molecule has 0 aliphatic carbocycles. The van der Waals surface area contributed by atoms with E-state index in [2.05, 4.69) is 5.32 Å². The molecule has 3 rings (SSSR count). The Bertz CT molecular complexity index is 759. The summed E-state index contributed by atoms with van der Waals surface area (Å²) in [6.45, 7) is 5.13. The molecule has 1 saturated heterocycles. The van der Waals surface area contributed by atoms with E-state index in [4.69, 9.17) is 4.74 Å². The number of nitrogens with zero attached hydrogens (tertiary/aromatic N) is 1. The minimum Gasteiger partial charge on any atom is -0.375 e. The van der Waals surface area contributed by atoms with Crippen LogP contribution in [-0.4, -0.2) is 42.0 Å².